The number of aromatic hydroxyl groups is 1. The highest BCUT2D eigenvalue weighted by Crippen LogP contribution is 2.29. The smallest absolute Gasteiger partial charge is 0.120 e. The molecule has 0 aliphatic heterocycles. The van der Waals surface area contributed by atoms with E-state index >= 15 is 0 Å². The molecule has 0 radical (unpaired) electrons. The van der Waals surface area contributed by atoms with Crippen LogP contribution >= 0.6 is 15.9 Å². The topological polar surface area (TPSA) is 46.2 Å². The average Bonchev–Trinajstić information content (AvgIpc) is 2.18. The summed E-state index contributed by atoms with van der Waals surface area (Å²) in [5, 5.41) is 9.67. The summed E-state index contributed by atoms with van der Waals surface area (Å²) >= 11 is 3.38. The van der Waals surface area contributed by atoms with Crippen molar-refractivity contribution in [2.45, 2.75) is 32.7 Å². The van der Waals surface area contributed by atoms with Crippen LogP contribution < -0.4 is 5.73 Å². The van der Waals surface area contributed by atoms with E-state index in [9.17, 15) is 5.11 Å². The van der Waals surface area contributed by atoms with Gasteiger partial charge in [-0.25, -0.2) is 0 Å². The SMILES string of the molecule is CC(C)CC[C@@H](N)c1cc(Br)ccc1O. The monoisotopic (exact) mass is 271 g/mol. The fraction of sp³-hybridized carbons (Fsp3) is 0.500. The molecular formula is C12H18BrNO. The number of rotatable bonds is 4. The van der Waals surface area contributed by atoms with E-state index in [0.29, 0.717) is 5.92 Å². The summed E-state index contributed by atoms with van der Waals surface area (Å²) < 4.78 is 0.954. The van der Waals surface area contributed by atoms with Gasteiger partial charge in [-0.1, -0.05) is 29.8 Å². The number of benzene rings is 1. The van der Waals surface area contributed by atoms with Gasteiger partial charge in [0.1, 0.15) is 5.75 Å². The van der Waals surface area contributed by atoms with Crippen molar-refractivity contribution in [2.75, 3.05) is 0 Å². The molecule has 0 saturated heterocycles. The lowest BCUT2D eigenvalue weighted by atomic mass is 9.98. The maximum absolute atomic E-state index is 9.67. The minimum atomic E-state index is -0.0788. The summed E-state index contributed by atoms with van der Waals surface area (Å²) in [4.78, 5) is 0. The molecule has 0 amide bonds. The third-order valence-corrected chi connectivity index (χ3v) is 2.94. The molecule has 0 unspecified atom stereocenters. The third-order valence-electron chi connectivity index (χ3n) is 2.44. The van der Waals surface area contributed by atoms with Crippen LogP contribution in [0.15, 0.2) is 22.7 Å². The molecule has 1 aromatic rings. The number of halogens is 1. The van der Waals surface area contributed by atoms with E-state index in [1.807, 2.05) is 12.1 Å². The van der Waals surface area contributed by atoms with E-state index in [-0.39, 0.29) is 11.8 Å². The standard InChI is InChI=1S/C12H18BrNO/c1-8(2)3-5-11(14)10-7-9(13)4-6-12(10)15/h4,6-8,11,15H,3,5,14H2,1-2H3/t11-/m1/s1. The van der Waals surface area contributed by atoms with Crippen LogP contribution in [-0.2, 0) is 0 Å². The van der Waals surface area contributed by atoms with Gasteiger partial charge >= 0.3 is 0 Å². The molecule has 0 bridgehead atoms. The summed E-state index contributed by atoms with van der Waals surface area (Å²) in [7, 11) is 0. The van der Waals surface area contributed by atoms with E-state index in [2.05, 4.69) is 29.8 Å². The van der Waals surface area contributed by atoms with Gasteiger partial charge in [-0.3, -0.25) is 0 Å². The van der Waals surface area contributed by atoms with Crippen LogP contribution in [0.4, 0.5) is 0 Å². The number of phenolic OH excluding ortho intramolecular Hbond substituents is 1. The molecule has 3 heteroatoms. The van der Waals surface area contributed by atoms with Crippen molar-refractivity contribution in [3.05, 3.63) is 28.2 Å². The molecule has 0 aromatic heterocycles. The first kappa shape index (κ1) is 12.5. The van der Waals surface area contributed by atoms with Crippen molar-refractivity contribution >= 4 is 15.9 Å². The molecule has 0 aliphatic rings. The Hall–Kier alpha value is -0.540. The van der Waals surface area contributed by atoms with E-state index in [4.69, 9.17) is 5.73 Å². The molecule has 3 N–H and O–H groups in total. The van der Waals surface area contributed by atoms with Crippen molar-refractivity contribution in [2.24, 2.45) is 11.7 Å². The predicted molar refractivity (Wildman–Crippen MR) is 66.8 cm³/mol. The average molecular weight is 272 g/mol. The van der Waals surface area contributed by atoms with Gasteiger partial charge in [0, 0.05) is 16.1 Å². The lowest BCUT2D eigenvalue weighted by Gasteiger charge is -2.15. The molecule has 0 spiro atoms. The normalized spacial score (nSPS) is 13.1. The quantitative estimate of drug-likeness (QED) is 0.879. The summed E-state index contributed by atoms with van der Waals surface area (Å²) in [5.74, 6) is 0.930. The molecule has 15 heavy (non-hydrogen) atoms. The second-order valence-electron chi connectivity index (χ2n) is 4.28. The van der Waals surface area contributed by atoms with Crippen molar-refractivity contribution in [1.29, 1.82) is 0 Å². The molecule has 0 fully saturated rings. The van der Waals surface area contributed by atoms with Gasteiger partial charge in [-0.15, -0.1) is 0 Å². The van der Waals surface area contributed by atoms with E-state index in [1.165, 1.54) is 0 Å². The van der Waals surface area contributed by atoms with Crippen molar-refractivity contribution in [1.82, 2.24) is 0 Å². The van der Waals surface area contributed by atoms with Crippen LogP contribution in [0.5, 0.6) is 5.75 Å². The zero-order chi connectivity index (χ0) is 11.4. The molecule has 1 rings (SSSR count). The maximum Gasteiger partial charge on any atom is 0.120 e. The fourth-order valence-corrected chi connectivity index (χ4v) is 1.87. The number of hydrogen-bond donors (Lipinski definition) is 2. The minimum Gasteiger partial charge on any atom is -0.508 e. The zero-order valence-electron chi connectivity index (χ0n) is 9.20. The Balaban J connectivity index is 2.72. The Bertz CT molecular complexity index is 325. The third kappa shape index (κ3) is 3.84. The highest BCUT2D eigenvalue weighted by atomic mass is 79.9. The Kier molecular flexibility index (Phi) is 4.61. The Morgan fingerprint density at radius 1 is 1.33 bits per heavy atom. The van der Waals surface area contributed by atoms with Crippen molar-refractivity contribution in [3.8, 4) is 5.75 Å². The van der Waals surface area contributed by atoms with Crippen LogP contribution in [0.25, 0.3) is 0 Å². The van der Waals surface area contributed by atoms with E-state index in [0.717, 1.165) is 22.9 Å². The fourth-order valence-electron chi connectivity index (χ4n) is 1.49. The van der Waals surface area contributed by atoms with Gasteiger partial charge < -0.3 is 10.8 Å². The summed E-state index contributed by atoms with van der Waals surface area (Å²) in [6.07, 6.45) is 1.98. The predicted octanol–water partition coefficient (Wildman–Crippen LogP) is 3.59. The zero-order valence-corrected chi connectivity index (χ0v) is 10.8. The largest absolute Gasteiger partial charge is 0.508 e. The molecule has 84 valence electrons. The Morgan fingerprint density at radius 2 is 2.00 bits per heavy atom. The van der Waals surface area contributed by atoms with Crippen molar-refractivity contribution in [3.63, 3.8) is 0 Å². The number of nitrogens with two attached hydrogens (primary N) is 1. The molecule has 1 aromatic carbocycles. The maximum atomic E-state index is 9.67. The van der Waals surface area contributed by atoms with Gasteiger partial charge in [-0.2, -0.15) is 0 Å². The molecule has 1 atom stereocenters. The number of phenols is 1. The minimum absolute atomic E-state index is 0.0788. The van der Waals surface area contributed by atoms with Crippen LogP contribution in [0.2, 0.25) is 0 Å². The first-order chi connectivity index (χ1) is 7.00. The molecule has 0 aliphatic carbocycles. The molecule has 0 heterocycles. The highest BCUT2D eigenvalue weighted by Gasteiger charge is 2.11. The van der Waals surface area contributed by atoms with Gasteiger partial charge in [0.15, 0.2) is 0 Å². The lowest BCUT2D eigenvalue weighted by Crippen LogP contribution is -2.11. The van der Waals surface area contributed by atoms with Crippen LogP contribution in [0.3, 0.4) is 0 Å². The van der Waals surface area contributed by atoms with Gasteiger partial charge in [0.05, 0.1) is 0 Å². The first-order valence-corrected chi connectivity index (χ1v) is 6.04. The van der Waals surface area contributed by atoms with Gasteiger partial charge in [-0.05, 0) is 37.0 Å². The lowest BCUT2D eigenvalue weighted by molar-refractivity contribution is 0.448. The van der Waals surface area contributed by atoms with Crippen LogP contribution in [0.1, 0.15) is 38.3 Å². The van der Waals surface area contributed by atoms with Crippen LogP contribution in [-0.4, -0.2) is 5.11 Å². The Labute approximate surface area is 99.6 Å². The molecule has 0 saturated carbocycles. The highest BCUT2D eigenvalue weighted by molar-refractivity contribution is 9.10. The second-order valence-corrected chi connectivity index (χ2v) is 5.20. The number of hydrogen-bond acceptors (Lipinski definition) is 2. The van der Waals surface area contributed by atoms with Crippen LogP contribution in [0, 0.1) is 5.92 Å². The van der Waals surface area contributed by atoms with E-state index in [1.54, 1.807) is 6.07 Å². The summed E-state index contributed by atoms with van der Waals surface area (Å²) in [6.45, 7) is 4.35. The summed E-state index contributed by atoms with van der Waals surface area (Å²) in [6, 6.07) is 5.30. The second kappa shape index (κ2) is 5.52. The van der Waals surface area contributed by atoms with Gasteiger partial charge in [0.2, 0.25) is 0 Å². The molecular weight excluding hydrogens is 254 g/mol. The first-order valence-electron chi connectivity index (χ1n) is 5.24. The Morgan fingerprint density at radius 3 is 2.60 bits per heavy atom. The van der Waals surface area contributed by atoms with Gasteiger partial charge in [0.25, 0.3) is 0 Å². The summed E-state index contributed by atoms with van der Waals surface area (Å²) in [5.41, 5.74) is 6.86. The van der Waals surface area contributed by atoms with E-state index < -0.39 is 0 Å². The van der Waals surface area contributed by atoms with Crippen molar-refractivity contribution < 1.29 is 5.11 Å². The molecule has 2 nitrogen and oxygen atoms in total.